The van der Waals surface area contributed by atoms with Crippen molar-refractivity contribution in [2.75, 3.05) is 14.1 Å². The Bertz CT molecular complexity index is 360. The van der Waals surface area contributed by atoms with Crippen LogP contribution in [0.15, 0.2) is 33.4 Å². The van der Waals surface area contributed by atoms with Crippen molar-refractivity contribution in [1.29, 1.82) is 0 Å². The number of rotatable bonds is 1. The first-order valence-corrected chi connectivity index (χ1v) is 4.73. The van der Waals surface area contributed by atoms with E-state index in [-0.39, 0.29) is 5.96 Å². The quantitative estimate of drug-likeness (QED) is 0.483. The van der Waals surface area contributed by atoms with E-state index < -0.39 is 0 Å². The highest BCUT2D eigenvalue weighted by Gasteiger charge is 2.04. The van der Waals surface area contributed by atoms with Crippen LogP contribution < -0.4 is 11.5 Å². The average Bonchev–Trinajstić information content (AvgIpc) is 2.51. The maximum Gasteiger partial charge on any atom is 0.223 e. The third-order valence-corrected chi connectivity index (χ3v) is 2.06. The predicted octanol–water partition coefficient (Wildman–Crippen LogP) is 0.411. The van der Waals surface area contributed by atoms with Crippen molar-refractivity contribution >= 4 is 11.9 Å². The normalized spacial score (nSPS) is 17.5. The molecule has 0 aromatic heterocycles. The number of hydrogen-bond acceptors (Lipinski definition) is 1. The Morgan fingerprint density at radius 1 is 1.33 bits per heavy atom. The summed E-state index contributed by atoms with van der Waals surface area (Å²) in [7, 11) is 3.60. The second kappa shape index (κ2) is 4.63. The fourth-order valence-corrected chi connectivity index (χ4v) is 1.11. The molecule has 0 bridgehead atoms. The monoisotopic (exact) mass is 207 g/mol. The van der Waals surface area contributed by atoms with Gasteiger partial charge in [-0.15, -0.1) is 0 Å². The van der Waals surface area contributed by atoms with Gasteiger partial charge in [0.25, 0.3) is 0 Å². The topological polar surface area (TPSA) is 80.0 Å². The summed E-state index contributed by atoms with van der Waals surface area (Å²) in [4.78, 5) is 9.80. The first kappa shape index (κ1) is 11.3. The van der Waals surface area contributed by atoms with Crippen LogP contribution in [0.3, 0.4) is 0 Å². The maximum absolute atomic E-state index is 5.64. The van der Waals surface area contributed by atoms with Gasteiger partial charge in [0, 0.05) is 14.1 Å². The van der Waals surface area contributed by atoms with Gasteiger partial charge in [-0.2, -0.15) is 4.99 Å². The molecule has 0 radical (unpaired) electrons. The first-order valence-electron chi connectivity index (χ1n) is 4.73. The molecule has 0 fully saturated rings. The Balaban J connectivity index is 2.77. The van der Waals surface area contributed by atoms with Crippen molar-refractivity contribution < 1.29 is 0 Å². The Labute approximate surface area is 89.9 Å². The van der Waals surface area contributed by atoms with Gasteiger partial charge in [0.15, 0.2) is 5.96 Å². The summed E-state index contributed by atoms with van der Waals surface area (Å²) in [5.41, 5.74) is 13.2. The standard InChI is InChI=1S/C10H17N5/c1-7-5-4-6-8(7)13-9(11)14-10(12)15(2)3/h5-6H,4H2,1-3H3,(H4,11,12,13,14). The number of guanidine groups is 2. The summed E-state index contributed by atoms with van der Waals surface area (Å²) in [5, 5.41) is 0. The second-order valence-corrected chi connectivity index (χ2v) is 3.55. The summed E-state index contributed by atoms with van der Waals surface area (Å²) >= 11 is 0. The summed E-state index contributed by atoms with van der Waals surface area (Å²) in [6.45, 7) is 1.99. The lowest BCUT2D eigenvalue weighted by atomic mass is 10.3. The molecule has 0 aromatic rings. The third kappa shape index (κ3) is 3.12. The maximum atomic E-state index is 5.64. The van der Waals surface area contributed by atoms with Crippen LogP contribution in [0.4, 0.5) is 0 Å². The highest BCUT2D eigenvalue weighted by molar-refractivity contribution is 5.93. The van der Waals surface area contributed by atoms with Crippen molar-refractivity contribution in [3.05, 3.63) is 23.4 Å². The molecule has 0 aromatic carbocycles. The minimum atomic E-state index is 0.183. The van der Waals surface area contributed by atoms with Crippen LogP contribution in [0.2, 0.25) is 0 Å². The molecule has 15 heavy (non-hydrogen) atoms. The van der Waals surface area contributed by atoms with Gasteiger partial charge >= 0.3 is 0 Å². The average molecular weight is 207 g/mol. The molecule has 0 amide bonds. The third-order valence-electron chi connectivity index (χ3n) is 2.06. The van der Waals surface area contributed by atoms with Gasteiger partial charge in [-0.05, 0) is 18.9 Å². The van der Waals surface area contributed by atoms with E-state index in [1.807, 2.05) is 13.0 Å². The van der Waals surface area contributed by atoms with E-state index in [2.05, 4.69) is 16.1 Å². The molecule has 4 N–H and O–H groups in total. The SMILES string of the molecule is CC1=CCC=C1N=C(N)N=C(N)N(C)C. The highest BCUT2D eigenvalue weighted by Crippen LogP contribution is 2.19. The van der Waals surface area contributed by atoms with Crippen LogP contribution in [0.1, 0.15) is 13.3 Å². The number of hydrogen-bond donors (Lipinski definition) is 2. The second-order valence-electron chi connectivity index (χ2n) is 3.55. The zero-order chi connectivity index (χ0) is 11.4. The van der Waals surface area contributed by atoms with Gasteiger partial charge in [-0.1, -0.05) is 12.2 Å². The molecule has 5 heteroatoms. The van der Waals surface area contributed by atoms with Crippen molar-refractivity contribution in [3.63, 3.8) is 0 Å². The van der Waals surface area contributed by atoms with Gasteiger partial charge in [-0.3, -0.25) is 0 Å². The Kier molecular flexibility index (Phi) is 3.49. The fourth-order valence-electron chi connectivity index (χ4n) is 1.11. The van der Waals surface area contributed by atoms with Crippen molar-refractivity contribution in [2.24, 2.45) is 21.5 Å². The Morgan fingerprint density at radius 2 is 2.00 bits per heavy atom. The lowest BCUT2D eigenvalue weighted by molar-refractivity contribution is 0.615. The summed E-state index contributed by atoms with van der Waals surface area (Å²) in [6.07, 6.45) is 5.00. The number of aliphatic imine (C=N–C) groups is 2. The van der Waals surface area contributed by atoms with Crippen LogP contribution in [0.25, 0.3) is 0 Å². The molecular weight excluding hydrogens is 190 g/mol. The van der Waals surface area contributed by atoms with E-state index in [1.165, 1.54) is 0 Å². The van der Waals surface area contributed by atoms with Crippen LogP contribution in [0, 0.1) is 0 Å². The molecule has 0 spiro atoms. The first-order chi connectivity index (χ1) is 7.00. The zero-order valence-electron chi connectivity index (χ0n) is 9.36. The number of allylic oxidation sites excluding steroid dienone is 3. The van der Waals surface area contributed by atoms with Crippen LogP contribution >= 0.6 is 0 Å². The van der Waals surface area contributed by atoms with Crippen LogP contribution in [-0.4, -0.2) is 30.9 Å². The molecular formula is C10H17N5. The van der Waals surface area contributed by atoms with Crippen molar-refractivity contribution in [3.8, 4) is 0 Å². The zero-order valence-corrected chi connectivity index (χ0v) is 9.36. The molecule has 0 atom stereocenters. The molecule has 0 heterocycles. The molecule has 0 aliphatic heterocycles. The lowest BCUT2D eigenvalue weighted by Crippen LogP contribution is -2.32. The lowest BCUT2D eigenvalue weighted by Gasteiger charge is -2.09. The van der Waals surface area contributed by atoms with Gasteiger partial charge in [-0.25, -0.2) is 4.99 Å². The Hall–Kier alpha value is -1.78. The largest absolute Gasteiger partial charge is 0.369 e. The summed E-state index contributed by atoms with van der Waals surface area (Å²) in [5.74, 6) is 0.526. The van der Waals surface area contributed by atoms with Gasteiger partial charge in [0.05, 0.1) is 5.70 Å². The molecule has 1 rings (SSSR count). The summed E-state index contributed by atoms with van der Waals surface area (Å²) < 4.78 is 0. The van der Waals surface area contributed by atoms with E-state index in [9.17, 15) is 0 Å². The predicted molar refractivity (Wildman–Crippen MR) is 63.4 cm³/mol. The molecule has 1 aliphatic carbocycles. The van der Waals surface area contributed by atoms with Crippen molar-refractivity contribution in [2.45, 2.75) is 13.3 Å². The smallest absolute Gasteiger partial charge is 0.223 e. The van der Waals surface area contributed by atoms with E-state index in [1.54, 1.807) is 19.0 Å². The van der Waals surface area contributed by atoms with Crippen LogP contribution in [-0.2, 0) is 0 Å². The van der Waals surface area contributed by atoms with E-state index >= 15 is 0 Å². The fraction of sp³-hybridized carbons (Fsp3) is 0.400. The molecule has 0 saturated carbocycles. The molecule has 0 unspecified atom stereocenters. The van der Waals surface area contributed by atoms with E-state index in [4.69, 9.17) is 11.5 Å². The Morgan fingerprint density at radius 3 is 2.47 bits per heavy atom. The molecule has 82 valence electrons. The van der Waals surface area contributed by atoms with Crippen LogP contribution in [0.5, 0.6) is 0 Å². The number of nitrogens with zero attached hydrogens (tertiary/aromatic N) is 3. The number of nitrogens with two attached hydrogens (primary N) is 2. The molecule has 5 nitrogen and oxygen atoms in total. The van der Waals surface area contributed by atoms with Gasteiger partial charge < -0.3 is 16.4 Å². The van der Waals surface area contributed by atoms with E-state index in [0.717, 1.165) is 17.7 Å². The highest BCUT2D eigenvalue weighted by atomic mass is 15.2. The minimum Gasteiger partial charge on any atom is -0.369 e. The summed E-state index contributed by atoms with van der Waals surface area (Å²) in [6, 6.07) is 0. The molecule has 1 aliphatic rings. The van der Waals surface area contributed by atoms with Crippen molar-refractivity contribution in [1.82, 2.24) is 4.90 Å². The minimum absolute atomic E-state index is 0.183. The van der Waals surface area contributed by atoms with Gasteiger partial charge in [0.1, 0.15) is 0 Å². The molecule has 0 saturated heterocycles. The van der Waals surface area contributed by atoms with Gasteiger partial charge in [0.2, 0.25) is 5.96 Å². The van der Waals surface area contributed by atoms with E-state index in [0.29, 0.717) is 5.96 Å².